The van der Waals surface area contributed by atoms with Gasteiger partial charge in [0.2, 0.25) is 0 Å². The van der Waals surface area contributed by atoms with Gasteiger partial charge in [-0.15, -0.1) is 0 Å². The molecular weight excluding hydrogens is 284 g/mol. The SMILES string of the molecule is Cc1cc(-c2ccc(OCc3ccccc3)cc2)cc(C)c1O. The van der Waals surface area contributed by atoms with E-state index in [1.807, 2.05) is 68.4 Å². The average Bonchev–Trinajstić information content (AvgIpc) is 2.59. The number of hydrogen-bond donors (Lipinski definition) is 1. The van der Waals surface area contributed by atoms with Gasteiger partial charge in [0.1, 0.15) is 18.1 Å². The van der Waals surface area contributed by atoms with Crippen LogP contribution in [0.5, 0.6) is 11.5 Å². The molecule has 0 amide bonds. The van der Waals surface area contributed by atoms with Crippen molar-refractivity contribution >= 4 is 0 Å². The van der Waals surface area contributed by atoms with Crippen LogP contribution in [0.1, 0.15) is 16.7 Å². The highest BCUT2D eigenvalue weighted by molar-refractivity contribution is 5.67. The maximum atomic E-state index is 9.88. The van der Waals surface area contributed by atoms with Gasteiger partial charge in [0.05, 0.1) is 0 Å². The number of benzene rings is 3. The molecule has 2 nitrogen and oxygen atoms in total. The second kappa shape index (κ2) is 6.57. The summed E-state index contributed by atoms with van der Waals surface area (Å²) in [5.41, 5.74) is 5.16. The Morgan fingerprint density at radius 2 is 1.39 bits per heavy atom. The molecule has 0 fully saturated rings. The van der Waals surface area contributed by atoms with Gasteiger partial charge in [-0.25, -0.2) is 0 Å². The summed E-state index contributed by atoms with van der Waals surface area (Å²) in [7, 11) is 0. The first kappa shape index (κ1) is 15.2. The predicted molar refractivity (Wildman–Crippen MR) is 93.8 cm³/mol. The van der Waals surface area contributed by atoms with E-state index >= 15 is 0 Å². The van der Waals surface area contributed by atoms with Gasteiger partial charge in [0.15, 0.2) is 0 Å². The minimum Gasteiger partial charge on any atom is -0.507 e. The highest BCUT2D eigenvalue weighted by Gasteiger charge is 2.05. The van der Waals surface area contributed by atoms with Crippen molar-refractivity contribution in [3.63, 3.8) is 0 Å². The van der Waals surface area contributed by atoms with Gasteiger partial charge >= 0.3 is 0 Å². The Kier molecular flexibility index (Phi) is 4.33. The molecule has 23 heavy (non-hydrogen) atoms. The topological polar surface area (TPSA) is 29.5 Å². The zero-order valence-corrected chi connectivity index (χ0v) is 13.4. The minimum absolute atomic E-state index is 0.372. The summed E-state index contributed by atoms with van der Waals surface area (Å²) in [6.45, 7) is 4.41. The number of aromatic hydroxyl groups is 1. The van der Waals surface area contributed by atoms with E-state index in [1.165, 1.54) is 0 Å². The molecule has 0 aromatic heterocycles. The molecule has 0 spiro atoms. The summed E-state index contributed by atoms with van der Waals surface area (Å²) in [6, 6.07) is 22.2. The van der Waals surface area contributed by atoms with Gasteiger partial charge in [-0.2, -0.15) is 0 Å². The van der Waals surface area contributed by atoms with E-state index in [0.717, 1.165) is 33.6 Å². The molecular formula is C21H20O2. The number of phenols is 1. The molecule has 3 rings (SSSR count). The maximum Gasteiger partial charge on any atom is 0.121 e. The summed E-state index contributed by atoms with van der Waals surface area (Å²) in [5, 5.41) is 9.88. The van der Waals surface area contributed by atoms with Gasteiger partial charge in [-0.3, -0.25) is 0 Å². The van der Waals surface area contributed by atoms with Crippen LogP contribution in [0.4, 0.5) is 0 Å². The molecule has 0 heterocycles. The van der Waals surface area contributed by atoms with Crippen molar-refractivity contribution < 1.29 is 9.84 Å². The Morgan fingerprint density at radius 1 is 0.783 bits per heavy atom. The Balaban J connectivity index is 1.74. The first-order valence-electron chi connectivity index (χ1n) is 7.71. The Labute approximate surface area is 137 Å². The zero-order chi connectivity index (χ0) is 16.2. The van der Waals surface area contributed by atoms with Crippen molar-refractivity contribution in [3.8, 4) is 22.6 Å². The maximum absolute atomic E-state index is 9.88. The molecule has 2 heteroatoms. The highest BCUT2D eigenvalue weighted by Crippen LogP contribution is 2.30. The molecule has 1 N–H and O–H groups in total. The lowest BCUT2D eigenvalue weighted by molar-refractivity contribution is 0.306. The van der Waals surface area contributed by atoms with Gasteiger partial charge in [0, 0.05) is 0 Å². The number of ether oxygens (including phenoxy) is 1. The minimum atomic E-state index is 0.372. The van der Waals surface area contributed by atoms with Crippen molar-refractivity contribution in [2.75, 3.05) is 0 Å². The molecule has 0 aliphatic rings. The number of rotatable bonds is 4. The molecule has 0 radical (unpaired) electrons. The van der Waals surface area contributed by atoms with Crippen molar-refractivity contribution in [1.82, 2.24) is 0 Å². The molecule has 0 bridgehead atoms. The predicted octanol–water partition coefficient (Wildman–Crippen LogP) is 5.26. The van der Waals surface area contributed by atoms with Crippen LogP contribution in [0.15, 0.2) is 66.7 Å². The quantitative estimate of drug-likeness (QED) is 0.713. The van der Waals surface area contributed by atoms with Crippen LogP contribution in [0.25, 0.3) is 11.1 Å². The van der Waals surface area contributed by atoms with Crippen molar-refractivity contribution in [3.05, 3.63) is 83.4 Å². The summed E-state index contributed by atoms with van der Waals surface area (Å²) >= 11 is 0. The number of hydrogen-bond acceptors (Lipinski definition) is 2. The van der Waals surface area contributed by atoms with E-state index in [1.54, 1.807) is 0 Å². The third-order valence-electron chi connectivity index (χ3n) is 3.93. The van der Waals surface area contributed by atoms with Crippen LogP contribution >= 0.6 is 0 Å². The molecule has 0 aliphatic heterocycles. The smallest absolute Gasteiger partial charge is 0.121 e. The van der Waals surface area contributed by atoms with Crippen molar-refractivity contribution in [2.45, 2.75) is 20.5 Å². The fourth-order valence-corrected chi connectivity index (χ4v) is 2.61. The lowest BCUT2D eigenvalue weighted by atomic mass is 10.00. The largest absolute Gasteiger partial charge is 0.507 e. The Bertz CT molecular complexity index is 767. The van der Waals surface area contributed by atoms with Crippen LogP contribution in [-0.2, 0) is 6.61 Å². The van der Waals surface area contributed by atoms with Crippen LogP contribution in [0, 0.1) is 13.8 Å². The second-order valence-corrected chi connectivity index (χ2v) is 5.76. The van der Waals surface area contributed by atoms with Gasteiger partial charge in [-0.1, -0.05) is 42.5 Å². The first-order valence-corrected chi connectivity index (χ1v) is 7.71. The standard InChI is InChI=1S/C21H20O2/c1-15-12-19(13-16(2)21(15)22)18-8-10-20(11-9-18)23-14-17-6-4-3-5-7-17/h3-13,22H,14H2,1-2H3. The number of phenolic OH excluding ortho intramolecular Hbond substituents is 1. The Morgan fingerprint density at radius 3 is 2.00 bits per heavy atom. The van der Waals surface area contributed by atoms with Gasteiger partial charge < -0.3 is 9.84 Å². The lowest BCUT2D eigenvalue weighted by Crippen LogP contribution is -1.94. The molecule has 3 aromatic carbocycles. The monoisotopic (exact) mass is 304 g/mol. The van der Waals surface area contributed by atoms with E-state index in [4.69, 9.17) is 4.74 Å². The van der Waals surface area contributed by atoms with Crippen molar-refractivity contribution in [1.29, 1.82) is 0 Å². The summed E-state index contributed by atoms with van der Waals surface area (Å²) in [5.74, 6) is 1.22. The van der Waals surface area contributed by atoms with E-state index in [-0.39, 0.29) is 0 Å². The second-order valence-electron chi connectivity index (χ2n) is 5.76. The normalized spacial score (nSPS) is 10.5. The highest BCUT2D eigenvalue weighted by atomic mass is 16.5. The fraction of sp³-hybridized carbons (Fsp3) is 0.143. The van der Waals surface area contributed by atoms with Crippen molar-refractivity contribution in [2.24, 2.45) is 0 Å². The van der Waals surface area contributed by atoms with Gasteiger partial charge in [0.25, 0.3) is 0 Å². The molecule has 0 aliphatic carbocycles. The van der Waals surface area contributed by atoms with Crippen LogP contribution in [0.2, 0.25) is 0 Å². The average molecular weight is 304 g/mol. The van der Waals surface area contributed by atoms with Crippen LogP contribution in [-0.4, -0.2) is 5.11 Å². The van der Waals surface area contributed by atoms with E-state index in [0.29, 0.717) is 12.4 Å². The van der Waals surface area contributed by atoms with Crippen LogP contribution in [0.3, 0.4) is 0 Å². The Hall–Kier alpha value is -2.74. The third-order valence-corrected chi connectivity index (χ3v) is 3.93. The third kappa shape index (κ3) is 3.54. The summed E-state index contributed by atoms with van der Waals surface area (Å²) in [6.07, 6.45) is 0. The molecule has 3 aromatic rings. The fourth-order valence-electron chi connectivity index (χ4n) is 2.61. The van der Waals surface area contributed by atoms with E-state index < -0.39 is 0 Å². The summed E-state index contributed by atoms with van der Waals surface area (Å²) < 4.78 is 5.81. The molecule has 0 saturated carbocycles. The zero-order valence-electron chi connectivity index (χ0n) is 13.4. The lowest BCUT2D eigenvalue weighted by Gasteiger charge is -2.10. The number of aryl methyl sites for hydroxylation is 2. The molecule has 0 saturated heterocycles. The molecule has 0 atom stereocenters. The molecule has 0 unspecified atom stereocenters. The van der Waals surface area contributed by atoms with Gasteiger partial charge in [-0.05, 0) is 65.9 Å². The van der Waals surface area contributed by atoms with Crippen LogP contribution < -0.4 is 4.74 Å². The van der Waals surface area contributed by atoms with E-state index in [2.05, 4.69) is 12.1 Å². The molecule has 116 valence electrons. The first-order chi connectivity index (χ1) is 11.1. The summed E-state index contributed by atoms with van der Waals surface area (Å²) in [4.78, 5) is 0. The van der Waals surface area contributed by atoms with E-state index in [9.17, 15) is 5.11 Å².